The molecule has 0 atom stereocenters. The molecule has 0 N–H and O–H groups in total. The lowest BCUT2D eigenvalue weighted by molar-refractivity contribution is 0.533. The number of hydrogen-bond donors (Lipinski definition) is 0. The number of sulfonamides is 2. The average Bonchev–Trinajstić information content (AvgIpc) is 2.88. The largest absolute Gasteiger partial charge is 0.218 e. The van der Waals surface area contributed by atoms with Gasteiger partial charge >= 0.3 is 0 Å². The van der Waals surface area contributed by atoms with Gasteiger partial charge in [0.2, 0.25) is 20.0 Å². The summed E-state index contributed by atoms with van der Waals surface area (Å²) in [6.07, 6.45) is 3.42. The number of unbranched alkanes of at least 4 members (excludes halogenated alkanes) is 2. The number of nitrogens with zero attached hydrogens (tertiary/aromatic N) is 2. The summed E-state index contributed by atoms with van der Waals surface area (Å²) in [4.78, 5) is 0. The molecule has 0 aliphatic carbocycles. The minimum Gasteiger partial charge on any atom is -0.212 e. The quantitative estimate of drug-likeness (QED) is 0.592. The Balaban J connectivity index is 2.90. The third kappa shape index (κ3) is 4.86. The van der Waals surface area contributed by atoms with E-state index in [1.165, 1.54) is 8.15 Å². The Morgan fingerprint density at radius 3 is 1.48 bits per heavy atom. The lowest BCUT2D eigenvalue weighted by Gasteiger charge is -2.27. The Morgan fingerprint density at radius 2 is 1.19 bits per heavy atom. The van der Waals surface area contributed by atoms with Crippen LogP contribution in [0.1, 0.15) is 46.5 Å². The predicted octanol–water partition coefficient (Wildman–Crippen LogP) is 2.20. The lowest BCUT2D eigenvalue weighted by Crippen LogP contribution is -2.29. The van der Waals surface area contributed by atoms with Gasteiger partial charge in [0.25, 0.3) is 0 Å². The highest BCUT2D eigenvalue weighted by atomic mass is 32.2. The summed E-state index contributed by atoms with van der Waals surface area (Å²) in [6, 6.07) is 0. The van der Waals surface area contributed by atoms with Gasteiger partial charge in [-0.2, -0.15) is 8.15 Å². The molecule has 0 radical (unpaired) electrons. The van der Waals surface area contributed by atoms with Crippen molar-refractivity contribution in [2.24, 2.45) is 0 Å². The SMILES string of the molecule is CCCCS(=O)(=O)N1CCN(S(=O)(=O)CCCC)P1CC. The van der Waals surface area contributed by atoms with Gasteiger partial charge in [-0.3, -0.25) is 0 Å². The second kappa shape index (κ2) is 8.20. The molecule has 1 rings (SSSR count). The monoisotopic (exact) mass is 358 g/mol. The third-order valence-electron chi connectivity index (χ3n) is 3.43. The van der Waals surface area contributed by atoms with Gasteiger partial charge in [0, 0.05) is 13.1 Å². The van der Waals surface area contributed by atoms with Crippen LogP contribution in [0, 0.1) is 0 Å². The van der Waals surface area contributed by atoms with Crippen molar-refractivity contribution in [2.75, 3.05) is 30.8 Å². The van der Waals surface area contributed by atoms with Gasteiger partial charge < -0.3 is 0 Å². The van der Waals surface area contributed by atoms with Gasteiger partial charge in [0.1, 0.15) is 0 Å². The zero-order valence-electron chi connectivity index (χ0n) is 13.2. The third-order valence-corrected chi connectivity index (χ3v) is 11.3. The molecule has 0 bridgehead atoms. The fraction of sp³-hybridized carbons (Fsp3) is 1.00. The maximum atomic E-state index is 12.4. The maximum Gasteiger partial charge on any atom is 0.218 e. The van der Waals surface area contributed by atoms with Crippen LogP contribution in [-0.4, -0.2) is 55.7 Å². The summed E-state index contributed by atoms with van der Waals surface area (Å²) >= 11 is 0. The summed E-state index contributed by atoms with van der Waals surface area (Å²) in [7, 11) is -7.97. The molecule has 0 spiro atoms. The molecular formula is C12H27N2O4PS2. The first kappa shape index (κ1) is 19.3. The molecular weight excluding hydrogens is 331 g/mol. The van der Waals surface area contributed by atoms with Gasteiger partial charge in [0.15, 0.2) is 0 Å². The minimum absolute atomic E-state index is 0.116. The van der Waals surface area contributed by atoms with E-state index in [1.807, 2.05) is 20.8 Å². The van der Waals surface area contributed by atoms with Crippen LogP contribution < -0.4 is 0 Å². The molecule has 1 aliphatic heterocycles. The van der Waals surface area contributed by atoms with Crippen LogP contribution in [0.2, 0.25) is 0 Å². The molecule has 0 aromatic heterocycles. The first-order valence-corrected chi connectivity index (χ1v) is 12.2. The van der Waals surface area contributed by atoms with E-state index in [0.29, 0.717) is 32.1 Å². The van der Waals surface area contributed by atoms with Crippen molar-refractivity contribution in [2.45, 2.75) is 46.5 Å². The van der Waals surface area contributed by atoms with E-state index in [9.17, 15) is 16.8 Å². The van der Waals surface area contributed by atoms with E-state index in [1.54, 1.807) is 0 Å². The standard InChI is InChI=1S/C12H27N2O4PS2/c1-4-7-11-20(15,16)13-9-10-14(19(13)6-3)21(17,18)12-8-5-2/h4-12H2,1-3H3. The van der Waals surface area contributed by atoms with Gasteiger partial charge in [-0.05, 0) is 19.0 Å². The molecule has 1 fully saturated rings. The van der Waals surface area contributed by atoms with Crippen molar-refractivity contribution in [1.82, 2.24) is 8.15 Å². The molecule has 9 heteroatoms. The summed E-state index contributed by atoms with van der Waals surface area (Å²) in [6.45, 7) is 6.36. The zero-order chi connectivity index (χ0) is 16.1. The van der Waals surface area contributed by atoms with E-state index in [0.717, 1.165) is 12.8 Å². The highest BCUT2D eigenvalue weighted by molar-refractivity contribution is 7.99. The fourth-order valence-electron chi connectivity index (χ4n) is 2.26. The highest BCUT2D eigenvalue weighted by Gasteiger charge is 2.43. The Bertz CT molecular complexity index is 475. The van der Waals surface area contributed by atoms with E-state index in [4.69, 9.17) is 0 Å². The molecule has 1 saturated heterocycles. The molecule has 0 unspecified atom stereocenters. The Hall–Kier alpha value is 0.250. The molecule has 0 saturated carbocycles. The maximum absolute atomic E-state index is 12.4. The highest BCUT2D eigenvalue weighted by Crippen LogP contribution is 2.52. The first-order chi connectivity index (χ1) is 9.80. The summed E-state index contributed by atoms with van der Waals surface area (Å²) in [5.74, 6) is 0.233. The Labute approximate surface area is 130 Å². The molecule has 6 nitrogen and oxygen atoms in total. The smallest absolute Gasteiger partial charge is 0.212 e. The van der Waals surface area contributed by atoms with Gasteiger partial charge in [-0.15, -0.1) is 0 Å². The van der Waals surface area contributed by atoms with Crippen molar-refractivity contribution in [3.05, 3.63) is 0 Å². The van der Waals surface area contributed by atoms with E-state index < -0.39 is 28.3 Å². The van der Waals surface area contributed by atoms with Crippen LogP contribution in [-0.2, 0) is 20.0 Å². The van der Waals surface area contributed by atoms with Crippen LogP contribution in [0.25, 0.3) is 0 Å². The van der Waals surface area contributed by atoms with Crippen LogP contribution in [0.5, 0.6) is 0 Å². The predicted molar refractivity (Wildman–Crippen MR) is 88.3 cm³/mol. The van der Waals surface area contributed by atoms with Crippen LogP contribution in [0.3, 0.4) is 0 Å². The molecule has 126 valence electrons. The van der Waals surface area contributed by atoms with Crippen molar-refractivity contribution in [3.8, 4) is 0 Å². The van der Waals surface area contributed by atoms with Crippen molar-refractivity contribution >= 4 is 28.3 Å². The molecule has 21 heavy (non-hydrogen) atoms. The van der Waals surface area contributed by atoms with Crippen molar-refractivity contribution < 1.29 is 16.8 Å². The molecule has 1 heterocycles. The summed E-state index contributed by atoms with van der Waals surface area (Å²) in [5.41, 5.74) is 0. The lowest BCUT2D eigenvalue weighted by atomic mass is 10.4. The van der Waals surface area contributed by atoms with Gasteiger partial charge in [-0.1, -0.05) is 33.6 Å². The second-order valence-corrected chi connectivity index (χ2v) is 12.0. The van der Waals surface area contributed by atoms with E-state index in [-0.39, 0.29) is 11.5 Å². The first-order valence-electron chi connectivity index (χ1n) is 7.58. The molecule has 0 aromatic rings. The minimum atomic E-state index is -3.34. The Kier molecular flexibility index (Phi) is 7.54. The van der Waals surface area contributed by atoms with Crippen LogP contribution >= 0.6 is 8.22 Å². The van der Waals surface area contributed by atoms with E-state index in [2.05, 4.69) is 0 Å². The topological polar surface area (TPSA) is 74.8 Å². The number of hydrogen-bond acceptors (Lipinski definition) is 4. The van der Waals surface area contributed by atoms with Gasteiger partial charge in [0.05, 0.1) is 19.7 Å². The van der Waals surface area contributed by atoms with Crippen LogP contribution in [0.15, 0.2) is 0 Å². The molecule has 0 amide bonds. The number of rotatable bonds is 9. The van der Waals surface area contributed by atoms with E-state index >= 15 is 0 Å². The summed E-state index contributed by atoms with van der Waals surface area (Å²) < 4.78 is 52.4. The zero-order valence-corrected chi connectivity index (χ0v) is 15.7. The van der Waals surface area contributed by atoms with Crippen LogP contribution in [0.4, 0.5) is 0 Å². The molecule has 0 aromatic carbocycles. The van der Waals surface area contributed by atoms with Gasteiger partial charge in [-0.25, -0.2) is 16.8 Å². The normalized spacial score (nSPS) is 19.4. The average molecular weight is 358 g/mol. The second-order valence-electron chi connectivity index (χ2n) is 5.12. The summed E-state index contributed by atoms with van der Waals surface area (Å²) in [5, 5.41) is 0. The van der Waals surface area contributed by atoms with Crippen molar-refractivity contribution in [1.29, 1.82) is 0 Å². The Morgan fingerprint density at radius 1 is 0.810 bits per heavy atom. The fourth-order valence-corrected chi connectivity index (χ4v) is 10.3. The molecule has 1 aliphatic rings. The van der Waals surface area contributed by atoms with Crippen molar-refractivity contribution in [3.63, 3.8) is 0 Å².